The van der Waals surface area contributed by atoms with Crippen molar-refractivity contribution in [3.63, 3.8) is 0 Å². The van der Waals surface area contributed by atoms with Crippen molar-refractivity contribution in [3.8, 4) is 0 Å². The Morgan fingerprint density at radius 1 is 1.47 bits per heavy atom. The zero-order chi connectivity index (χ0) is 12.1. The van der Waals surface area contributed by atoms with Gasteiger partial charge in [0.25, 0.3) is 0 Å². The molecule has 3 heteroatoms. The van der Waals surface area contributed by atoms with Crippen molar-refractivity contribution in [3.05, 3.63) is 11.6 Å². The molecule has 1 aliphatic carbocycles. The third-order valence-electron chi connectivity index (χ3n) is 3.57. The fourth-order valence-corrected chi connectivity index (χ4v) is 2.53. The number of unbranched alkanes of at least 4 members (excludes halogenated alkanes) is 1. The predicted octanol–water partition coefficient (Wildman–Crippen LogP) is 2.78. The fourth-order valence-electron chi connectivity index (χ4n) is 2.53. The Hall–Kier alpha value is -0.380. The van der Waals surface area contributed by atoms with E-state index in [0.29, 0.717) is 6.42 Å². The molecule has 2 unspecified atom stereocenters. The maximum Gasteiger partial charge on any atom is 0.158 e. The van der Waals surface area contributed by atoms with Crippen LogP contribution in [0.5, 0.6) is 0 Å². The van der Waals surface area contributed by atoms with E-state index in [0.717, 1.165) is 37.9 Å². The molecular weight excluding hydrogens is 216 g/mol. The molecule has 2 rings (SSSR count). The minimum absolute atomic E-state index is 0.0530. The normalized spacial score (nSPS) is 33.8. The second-order valence-corrected chi connectivity index (χ2v) is 5.07. The topological polar surface area (TPSA) is 38.7 Å². The van der Waals surface area contributed by atoms with Gasteiger partial charge in [0.15, 0.2) is 6.29 Å². The molecule has 98 valence electrons. The van der Waals surface area contributed by atoms with Crippen molar-refractivity contribution < 1.29 is 14.6 Å². The quantitative estimate of drug-likeness (QED) is 0.751. The number of ether oxygens (including phenoxy) is 2. The number of aliphatic hydroxyl groups is 1. The van der Waals surface area contributed by atoms with E-state index in [4.69, 9.17) is 9.47 Å². The lowest BCUT2D eigenvalue weighted by atomic mass is 10.1. The van der Waals surface area contributed by atoms with Crippen LogP contribution in [0.4, 0.5) is 0 Å². The summed E-state index contributed by atoms with van der Waals surface area (Å²) >= 11 is 0. The van der Waals surface area contributed by atoms with Gasteiger partial charge in [-0.2, -0.15) is 0 Å². The van der Waals surface area contributed by atoms with Gasteiger partial charge in [0, 0.05) is 13.0 Å². The molecule has 1 saturated heterocycles. The van der Waals surface area contributed by atoms with Gasteiger partial charge >= 0.3 is 0 Å². The van der Waals surface area contributed by atoms with Crippen LogP contribution in [0.1, 0.15) is 51.9 Å². The molecular formula is C14H24O3. The number of hydrogen-bond donors (Lipinski definition) is 1. The summed E-state index contributed by atoms with van der Waals surface area (Å²) in [6.45, 7) is 2.98. The van der Waals surface area contributed by atoms with Crippen molar-refractivity contribution in [1.29, 1.82) is 0 Å². The molecule has 1 N–H and O–H groups in total. The van der Waals surface area contributed by atoms with Crippen LogP contribution in [0, 0.1) is 0 Å². The third-order valence-corrected chi connectivity index (χ3v) is 3.57. The minimum Gasteiger partial charge on any atom is -0.389 e. The van der Waals surface area contributed by atoms with E-state index < -0.39 is 0 Å². The van der Waals surface area contributed by atoms with Crippen LogP contribution in [0.15, 0.2) is 11.6 Å². The molecule has 3 atom stereocenters. The van der Waals surface area contributed by atoms with Crippen molar-refractivity contribution >= 4 is 0 Å². The highest BCUT2D eigenvalue weighted by Crippen LogP contribution is 2.28. The average Bonchev–Trinajstić information content (AvgIpc) is 2.68. The molecule has 1 fully saturated rings. The summed E-state index contributed by atoms with van der Waals surface area (Å²) in [6.07, 6.45) is 9.16. The van der Waals surface area contributed by atoms with Crippen LogP contribution in [0.3, 0.4) is 0 Å². The van der Waals surface area contributed by atoms with Gasteiger partial charge in [-0.1, -0.05) is 19.4 Å². The molecule has 0 spiro atoms. The highest BCUT2D eigenvalue weighted by Gasteiger charge is 2.27. The Labute approximate surface area is 104 Å². The Kier molecular flexibility index (Phi) is 5.01. The van der Waals surface area contributed by atoms with E-state index in [1.165, 1.54) is 12.8 Å². The van der Waals surface area contributed by atoms with Crippen LogP contribution in [-0.2, 0) is 9.47 Å². The molecule has 2 aliphatic rings. The van der Waals surface area contributed by atoms with E-state index in [1.54, 1.807) is 0 Å². The van der Waals surface area contributed by atoms with Crippen molar-refractivity contribution in [1.82, 2.24) is 0 Å². The molecule has 0 aromatic rings. The Morgan fingerprint density at radius 3 is 3.06 bits per heavy atom. The summed E-state index contributed by atoms with van der Waals surface area (Å²) in [4.78, 5) is 0. The van der Waals surface area contributed by atoms with Gasteiger partial charge in [0.1, 0.15) is 0 Å². The number of hydrogen-bond acceptors (Lipinski definition) is 3. The summed E-state index contributed by atoms with van der Waals surface area (Å²) in [7, 11) is 0. The standard InChI is InChI=1S/C14H24O3/c1-2-3-6-11-9-12(10-13(11)15)17-14-7-4-5-8-16-14/h9,12-15H,2-8,10H2,1H3/t12-,13?,14?/m0/s1. The van der Waals surface area contributed by atoms with Crippen LogP contribution in [0.25, 0.3) is 0 Å². The highest BCUT2D eigenvalue weighted by molar-refractivity contribution is 5.18. The maximum atomic E-state index is 9.93. The van der Waals surface area contributed by atoms with E-state index in [2.05, 4.69) is 13.0 Å². The second kappa shape index (κ2) is 6.53. The summed E-state index contributed by atoms with van der Waals surface area (Å²) in [5.41, 5.74) is 1.16. The predicted molar refractivity (Wildman–Crippen MR) is 66.7 cm³/mol. The molecule has 1 aliphatic heterocycles. The van der Waals surface area contributed by atoms with E-state index in [1.807, 2.05) is 0 Å². The Balaban J connectivity index is 1.79. The fraction of sp³-hybridized carbons (Fsp3) is 0.857. The van der Waals surface area contributed by atoms with Gasteiger partial charge in [-0.05, 0) is 37.7 Å². The van der Waals surface area contributed by atoms with Crippen LogP contribution in [0.2, 0.25) is 0 Å². The molecule has 17 heavy (non-hydrogen) atoms. The van der Waals surface area contributed by atoms with Gasteiger partial charge in [-0.15, -0.1) is 0 Å². The number of aliphatic hydroxyl groups excluding tert-OH is 1. The highest BCUT2D eigenvalue weighted by atomic mass is 16.7. The van der Waals surface area contributed by atoms with Gasteiger partial charge in [-0.25, -0.2) is 0 Å². The molecule has 0 amide bonds. The summed E-state index contributed by atoms with van der Waals surface area (Å²) < 4.78 is 11.4. The summed E-state index contributed by atoms with van der Waals surface area (Å²) in [5, 5.41) is 9.93. The second-order valence-electron chi connectivity index (χ2n) is 5.07. The zero-order valence-corrected chi connectivity index (χ0v) is 10.7. The van der Waals surface area contributed by atoms with Gasteiger partial charge in [0.05, 0.1) is 12.2 Å². The number of rotatable bonds is 5. The first-order chi connectivity index (χ1) is 8.29. The van der Waals surface area contributed by atoms with Crippen molar-refractivity contribution in [2.75, 3.05) is 6.61 Å². The van der Waals surface area contributed by atoms with Gasteiger partial charge < -0.3 is 14.6 Å². The SMILES string of the molecule is CCCCC1=C[C@H](OC2CCCCO2)CC1O. The van der Waals surface area contributed by atoms with Crippen molar-refractivity contribution in [2.24, 2.45) is 0 Å². The molecule has 0 bridgehead atoms. The zero-order valence-electron chi connectivity index (χ0n) is 10.7. The van der Waals surface area contributed by atoms with Crippen LogP contribution >= 0.6 is 0 Å². The largest absolute Gasteiger partial charge is 0.389 e. The summed E-state index contributed by atoms with van der Waals surface area (Å²) in [5.74, 6) is 0. The summed E-state index contributed by atoms with van der Waals surface area (Å²) in [6, 6.07) is 0. The van der Waals surface area contributed by atoms with E-state index in [-0.39, 0.29) is 18.5 Å². The first-order valence-corrected chi connectivity index (χ1v) is 6.95. The molecule has 0 aromatic heterocycles. The molecule has 0 radical (unpaired) electrons. The van der Waals surface area contributed by atoms with Crippen LogP contribution in [-0.4, -0.2) is 30.2 Å². The van der Waals surface area contributed by atoms with Gasteiger partial charge in [-0.3, -0.25) is 0 Å². The average molecular weight is 240 g/mol. The van der Waals surface area contributed by atoms with E-state index in [9.17, 15) is 5.11 Å². The monoisotopic (exact) mass is 240 g/mol. The minimum atomic E-state index is -0.296. The Morgan fingerprint density at radius 2 is 2.35 bits per heavy atom. The lowest BCUT2D eigenvalue weighted by Crippen LogP contribution is -2.26. The van der Waals surface area contributed by atoms with Gasteiger partial charge in [0.2, 0.25) is 0 Å². The van der Waals surface area contributed by atoms with Crippen molar-refractivity contribution in [2.45, 2.75) is 70.4 Å². The van der Waals surface area contributed by atoms with Crippen LogP contribution < -0.4 is 0 Å². The third kappa shape index (κ3) is 3.80. The lowest BCUT2D eigenvalue weighted by Gasteiger charge is -2.25. The smallest absolute Gasteiger partial charge is 0.158 e. The lowest BCUT2D eigenvalue weighted by molar-refractivity contribution is -0.179. The Bertz CT molecular complexity index is 256. The van der Waals surface area contributed by atoms with E-state index >= 15 is 0 Å². The maximum absolute atomic E-state index is 9.93. The first kappa shape index (κ1) is 13.1. The molecule has 1 heterocycles. The molecule has 3 nitrogen and oxygen atoms in total. The molecule has 0 saturated carbocycles. The first-order valence-electron chi connectivity index (χ1n) is 6.95. The molecule has 0 aromatic carbocycles.